The highest BCUT2D eigenvalue weighted by Gasteiger charge is 2.11. The lowest BCUT2D eigenvalue weighted by atomic mass is 10.1. The first-order valence-corrected chi connectivity index (χ1v) is 5.96. The molecule has 3 rings (SSSR count). The molecule has 0 aliphatic carbocycles. The molecule has 1 aromatic carbocycles. The van der Waals surface area contributed by atoms with Crippen LogP contribution in [0.25, 0.3) is 21.3 Å². The number of nitrogen functional groups attached to an aromatic ring is 1. The third-order valence-corrected chi connectivity index (χ3v) is 3.49. The van der Waals surface area contributed by atoms with Gasteiger partial charge in [-0.25, -0.2) is 0 Å². The minimum absolute atomic E-state index is 0.263. The lowest BCUT2D eigenvalue weighted by Crippen LogP contribution is -2.29. The van der Waals surface area contributed by atoms with Crippen molar-refractivity contribution in [1.29, 1.82) is 0 Å². The monoisotopic (exact) mass is 243 g/mol. The summed E-state index contributed by atoms with van der Waals surface area (Å²) in [6.07, 6.45) is 0. The molecule has 0 aliphatic heterocycles. The van der Waals surface area contributed by atoms with E-state index >= 15 is 0 Å². The van der Waals surface area contributed by atoms with E-state index in [1.807, 2.05) is 35.7 Å². The molecule has 0 bridgehead atoms. The average Bonchev–Trinajstić information content (AvgIpc) is 2.84. The number of nitrogens with two attached hydrogens (primary N) is 1. The third kappa shape index (κ3) is 1.52. The van der Waals surface area contributed by atoms with Gasteiger partial charge >= 0.3 is 0 Å². The normalized spacial score (nSPS) is 10.8. The van der Waals surface area contributed by atoms with Gasteiger partial charge in [-0.15, -0.1) is 21.2 Å². The van der Waals surface area contributed by atoms with Crippen molar-refractivity contribution >= 4 is 21.4 Å². The number of aromatic nitrogens is 2. The molecule has 0 aliphatic rings. The maximum absolute atomic E-state index is 11.8. The molecule has 4 nitrogen and oxygen atoms in total. The van der Waals surface area contributed by atoms with Gasteiger partial charge in [-0.3, -0.25) is 4.79 Å². The summed E-state index contributed by atoms with van der Waals surface area (Å²) >= 11 is 1.50. The molecule has 0 fully saturated rings. The molecule has 0 spiro atoms. The molecule has 0 unspecified atom stereocenters. The van der Waals surface area contributed by atoms with Crippen LogP contribution >= 0.6 is 11.3 Å². The smallest absolute Gasteiger partial charge is 0.294 e. The largest absolute Gasteiger partial charge is 0.320 e. The fourth-order valence-corrected chi connectivity index (χ4v) is 2.66. The Morgan fingerprint density at radius 1 is 1.18 bits per heavy atom. The van der Waals surface area contributed by atoms with Crippen LogP contribution in [0.4, 0.5) is 0 Å². The van der Waals surface area contributed by atoms with E-state index in [1.54, 1.807) is 6.07 Å². The van der Waals surface area contributed by atoms with Crippen molar-refractivity contribution < 1.29 is 0 Å². The Morgan fingerprint density at radius 2 is 1.94 bits per heavy atom. The molecule has 84 valence electrons. The zero-order valence-electron chi connectivity index (χ0n) is 8.83. The van der Waals surface area contributed by atoms with E-state index in [9.17, 15) is 4.79 Å². The van der Waals surface area contributed by atoms with Crippen LogP contribution in [0.15, 0.2) is 46.6 Å². The van der Waals surface area contributed by atoms with Gasteiger partial charge in [0.15, 0.2) is 0 Å². The lowest BCUT2D eigenvalue weighted by Gasteiger charge is -2.04. The maximum atomic E-state index is 11.8. The fourth-order valence-electron chi connectivity index (χ4n) is 1.77. The van der Waals surface area contributed by atoms with E-state index in [2.05, 4.69) is 5.10 Å². The summed E-state index contributed by atoms with van der Waals surface area (Å²) in [6.45, 7) is 0. The van der Waals surface area contributed by atoms with Gasteiger partial charge in [0.05, 0.1) is 10.1 Å². The van der Waals surface area contributed by atoms with Gasteiger partial charge < -0.3 is 5.84 Å². The van der Waals surface area contributed by atoms with Crippen molar-refractivity contribution in [1.82, 2.24) is 9.89 Å². The summed E-state index contributed by atoms with van der Waals surface area (Å²) in [5, 5.41) is 6.63. The Bertz CT molecular complexity index is 730. The number of benzene rings is 1. The second-order valence-corrected chi connectivity index (χ2v) is 4.54. The van der Waals surface area contributed by atoms with Gasteiger partial charge in [0, 0.05) is 5.56 Å². The lowest BCUT2D eigenvalue weighted by molar-refractivity contribution is 0.782. The van der Waals surface area contributed by atoms with Crippen LogP contribution in [-0.2, 0) is 0 Å². The van der Waals surface area contributed by atoms with E-state index in [-0.39, 0.29) is 5.56 Å². The molecule has 2 aromatic heterocycles. The number of nitrogens with zero attached hydrogens (tertiary/aromatic N) is 2. The summed E-state index contributed by atoms with van der Waals surface area (Å²) in [6, 6.07) is 11.5. The van der Waals surface area contributed by atoms with Gasteiger partial charge in [0.25, 0.3) is 5.56 Å². The van der Waals surface area contributed by atoms with Crippen LogP contribution in [0.1, 0.15) is 0 Å². The summed E-state index contributed by atoms with van der Waals surface area (Å²) in [4.78, 5) is 12.7. The van der Waals surface area contributed by atoms with Gasteiger partial charge in [-0.2, -0.15) is 0 Å². The Balaban J connectivity index is 2.42. The molecule has 0 saturated heterocycles. The van der Waals surface area contributed by atoms with Gasteiger partial charge in [-0.1, -0.05) is 30.3 Å². The number of thiophene rings is 1. The van der Waals surface area contributed by atoms with Gasteiger partial charge in [0.2, 0.25) is 0 Å². The van der Waals surface area contributed by atoms with Crippen molar-refractivity contribution in [2.24, 2.45) is 0 Å². The quantitative estimate of drug-likeness (QED) is 0.663. The molecule has 3 aromatic rings. The molecule has 2 heterocycles. The second-order valence-electron chi connectivity index (χ2n) is 3.63. The number of hydrogen-bond acceptors (Lipinski definition) is 4. The molecule has 0 radical (unpaired) electrons. The van der Waals surface area contributed by atoms with Crippen LogP contribution < -0.4 is 11.4 Å². The first kappa shape index (κ1) is 10.0. The predicted octanol–water partition coefficient (Wildman–Crippen LogP) is 1.84. The molecule has 2 N–H and O–H groups in total. The SMILES string of the molecule is Nn1nc(-c2ccccc2)c2sccc2c1=O. The average molecular weight is 243 g/mol. The number of fused-ring (bicyclic) bond motifs is 1. The molecule has 5 heteroatoms. The highest BCUT2D eigenvalue weighted by molar-refractivity contribution is 7.17. The Morgan fingerprint density at radius 3 is 2.71 bits per heavy atom. The minimum atomic E-state index is -0.263. The van der Waals surface area contributed by atoms with Gasteiger partial charge in [0.1, 0.15) is 5.69 Å². The van der Waals surface area contributed by atoms with Crippen LogP contribution in [0.5, 0.6) is 0 Å². The highest BCUT2D eigenvalue weighted by Crippen LogP contribution is 2.28. The molecule has 0 saturated carbocycles. The standard InChI is InChI=1S/C12H9N3OS/c13-15-12(16)9-6-7-17-11(9)10(14-15)8-4-2-1-3-5-8/h1-7H,13H2. The zero-order chi connectivity index (χ0) is 11.8. The van der Waals surface area contributed by atoms with Crippen LogP contribution in [0.2, 0.25) is 0 Å². The van der Waals surface area contributed by atoms with Crippen LogP contribution in [0, 0.1) is 0 Å². The summed E-state index contributed by atoms with van der Waals surface area (Å²) in [7, 11) is 0. The zero-order valence-corrected chi connectivity index (χ0v) is 9.65. The summed E-state index contributed by atoms with van der Waals surface area (Å²) in [5.41, 5.74) is 1.44. The third-order valence-electron chi connectivity index (χ3n) is 2.57. The first-order valence-electron chi connectivity index (χ1n) is 5.08. The predicted molar refractivity (Wildman–Crippen MR) is 69.5 cm³/mol. The molecule has 17 heavy (non-hydrogen) atoms. The minimum Gasteiger partial charge on any atom is -0.320 e. The van der Waals surface area contributed by atoms with E-state index in [0.29, 0.717) is 5.39 Å². The van der Waals surface area contributed by atoms with Crippen molar-refractivity contribution in [3.05, 3.63) is 52.1 Å². The Hall–Kier alpha value is -2.14. The maximum Gasteiger partial charge on any atom is 0.294 e. The van der Waals surface area contributed by atoms with Crippen molar-refractivity contribution in [3.8, 4) is 11.3 Å². The van der Waals surface area contributed by atoms with Gasteiger partial charge in [-0.05, 0) is 11.4 Å². The Labute approximate surface area is 101 Å². The van der Waals surface area contributed by atoms with E-state index < -0.39 is 0 Å². The molecule has 0 amide bonds. The summed E-state index contributed by atoms with van der Waals surface area (Å²) < 4.78 is 0.878. The molecular weight excluding hydrogens is 234 g/mol. The molecule has 0 atom stereocenters. The fraction of sp³-hybridized carbons (Fsp3) is 0. The number of rotatable bonds is 1. The molecular formula is C12H9N3OS. The Kier molecular flexibility index (Phi) is 2.19. The second kappa shape index (κ2) is 3.71. The highest BCUT2D eigenvalue weighted by atomic mass is 32.1. The number of hydrogen-bond donors (Lipinski definition) is 1. The van der Waals surface area contributed by atoms with E-state index in [4.69, 9.17) is 5.84 Å². The van der Waals surface area contributed by atoms with Crippen molar-refractivity contribution in [2.75, 3.05) is 5.84 Å². The van der Waals surface area contributed by atoms with E-state index in [1.165, 1.54) is 11.3 Å². The topological polar surface area (TPSA) is 60.9 Å². The first-order chi connectivity index (χ1) is 8.27. The van der Waals surface area contributed by atoms with Crippen molar-refractivity contribution in [3.63, 3.8) is 0 Å². The summed E-state index contributed by atoms with van der Waals surface area (Å²) in [5.74, 6) is 5.58. The van der Waals surface area contributed by atoms with Crippen molar-refractivity contribution in [2.45, 2.75) is 0 Å². The van der Waals surface area contributed by atoms with E-state index in [0.717, 1.165) is 20.7 Å². The van der Waals surface area contributed by atoms with Crippen LogP contribution in [-0.4, -0.2) is 9.89 Å². The van der Waals surface area contributed by atoms with Crippen LogP contribution in [0.3, 0.4) is 0 Å².